The lowest BCUT2D eigenvalue weighted by atomic mass is 10.2. The Balaban J connectivity index is 2.06. The molecule has 0 heterocycles. The first-order chi connectivity index (χ1) is 11.3. The van der Waals surface area contributed by atoms with Crippen LogP contribution in [0.15, 0.2) is 50.4 Å². The molecule has 0 radical (unpaired) electrons. The molecule has 2 rings (SSSR count). The molecule has 0 aromatic heterocycles. The van der Waals surface area contributed by atoms with Crippen molar-refractivity contribution in [1.29, 1.82) is 0 Å². The predicted molar refractivity (Wildman–Crippen MR) is 95.7 cm³/mol. The van der Waals surface area contributed by atoms with Crippen molar-refractivity contribution < 1.29 is 17.9 Å². The molecule has 2 aromatic carbocycles. The van der Waals surface area contributed by atoms with Crippen LogP contribution < -0.4 is 10.2 Å². The van der Waals surface area contributed by atoms with Crippen LogP contribution in [0.4, 0.5) is 18.9 Å². The van der Waals surface area contributed by atoms with Gasteiger partial charge in [-0.1, -0.05) is 0 Å². The van der Waals surface area contributed by atoms with Gasteiger partial charge in [0.1, 0.15) is 5.75 Å². The van der Waals surface area contributed by atoms with Crippen molar-refractivity contribution in [3.8, 4) is 5.75 Å². The van der Waals surface area contributed by atoms with Crippen LogP contribution in [0.1, 0.15) is 18.1 Å². The fraction of sp³-hybridized carbons (Fsp3) is 0.188. The van der Waals surface area contributed by atoms with Gasteiger partial charge in [0.25, 0.3) is 0 Å². The zero-order chi connectivity index (χ0) is 17.7. The standard InChI is InChI=1S/C16H13Br2F3N2O/c1-2-24-15-13(17)7-10(8-14(15)18)9-22-23-12-5-3-11(4-6-12)16(19,20)21/h3-9,23H,2H2,1H3. The molecule has 2 aromatic rings. The summed E-state index contributed by atoms with van der Waals surface area (Å²) in [6.45, 7) is 2.43. The Kier molecular flexibility index (Phi) is 6.28. The predicted octanol–water partition coefficient (Wildman–Crippen LogP) is 6.08. The maximum Gasteiger partial charge on any atom is 0.416 e. The molecule has 0 aliphatic heterocycles. The van der Waals surface area contributed by atoms with Crippen LogP contribution in [-0.2, 0) is 6.18 Å². The maximum absolute atomic E-state index is 12.5. The fourth-order valence-electron chi connectivity index (χ4n) is 1.85. The maximum atomic E-state index is 12.5. The van der Waals surface area contributed by atoms with Gasteiger partial charge in [-0.05, 0) is 80.7 Å². The molecule has 0 saturated heterocycles. The molecule has 8 heteroatoms. The number of alkyl halides is 3. The summed E-state index contributed by atoms with van der Waals surface area (Å²) in [6, 6.07) is 8.31. The van der Waals surface area contributed by atoms with E-state index in [-0.39, 0.29) is 0 Å². The van der Waals surface area contributed by atoms with Crippen LogP contribution >= 0.6 is 31.9 Å². The zero-order valence-electron chi connectivity index (χ0n) is 12.5. The van der Waals surface area contributed by atoms with E-state index in [2.05, 4.69) is 42.4 Å². The van der Waals surface area contributed by atoms with Crippen molar-refractivity contribution in [2.45, 2.75) is 13.1 Å². The van der Waals surface area contributed by atoms with Gasteiger partial charge in [0.15, 0.2) is 0 Å². The summed E-state index contributed by atoms with van der Waals surface area (Å²) < 4.78 is 44.5. The van der Waals surface area contributed by atoms with Gasteiger partial charge in [-0.2, -0.15) is 18.3 Å². The van der Waals surface area contributed by atoms with Gasteiger partial charge >= 0.3 is 6.18 Å². The van der Waals surface area contributed by atoms with Gasteiger partial charge in [-0.15, -0.1) is 0 Å². The molecule has 0 saturated carbocycles. The average Bonchev–Trinajstić information content (AvgIpc) is 2.50. The summed E-state index contributed by atoms with van der Waals surface area (Å²) in [6.07, 6.45) is -2.79. The monoisotopic (exact) mass is 464 g/mol. The Morgan fingerprint density at radius 1 is 1.12 bits per heavy atom. The van der Waals surface area contributed by atoms with E-state index in [1.54, 1.807) is 6.21 Å². The molecule has 128 valence electrons. The van der Waals surface area contributed by atoms with Crippen LogP contribution in [0.25, 0.3) is 0 Å². The molecule has 0 unspecified atom stereocenters. The van der Waals surface area contributed by atoms with Crippen LogP contribution in [-0.4, -0.2) is 12.8 Å². The summed E-state index contributed by atoms with van der Waals surface area (Å²) in [7, 11) is 0. The van der Waals surface area contributed by atoms with Crippen LogP contribution in [0.2, 0.25) is 0 Å². The molecular weight excluding hydrogens is 453 g/mol. The third-order valence-electron chi connectivity index (χ3n) is 2.93. The lowest BCUT2D eigenvalue weighted by Crippen LogP contribution is -2.04. The molecular formula is C16H13Br2F3N2O. The minimum Gasteiger partial charge on any atom is -0.492 e. The summed E-state index contributed by atoms with van der Waals surface area (Å²) in [5.74, 6) is 0.699. The average molecular weight is 466 g/mol. The highest BCUT2D eigenvalue weighted by Crippen LogP contribution is 2.34. The van der Waals surface area contributed by atoms with Crippen molar-refractivity contribution >= 4 is 43.8 Å². The van der Waals surface area contributed by atoms with Gasteiger partial charge in [-0.25, -0.2) is 0 Å². The Bertz CT molecular complexity index is 708. The van der Waals surface area contributed by atoms with Crippen molar-refractivity contribution in [3.63, 3.8) is 0 Å². The van der Waals surface area contributed by atoms with E-state index >= 15 is 0 Å². The number of nitrogens with one attached hydrogen (secondary N) is 1. The topological polar surface area (TPSA) is 33.6 Å². The molecule has 0 fully saturated rings. The van der Waals surface area contributed by atoms with E-state index in [0.29, 0.717) is 18.0 Å². The number of benzene rings is 2. The van der Waals surface area contributed by atoms with Crippen molar-refractivity contribution in [2.75, 3.05) is 12.0 Å². The summed E-state index contributed by atoms with van der Waals surface area (Å²) in [4.78, 5) is 0. The highest BCUT2D eigenvalue weighted by molar-refractivity contribution is 9.11. The summed E-state index contributed by atoms with van der Waals surface area (Å²) >= 11 is 6.84. The fourth-order valence-corrected chi connectivity index (χ4v) is 3.30. The second kappa shape index (κ2) is 8.02. The van der Waals surface area contributed by atoms with Crippen molar-refractivity contribution in [3.05, 3.63) is 56.5 Å². The molecule has 0 spiro atoms. The molecule has 3 nitrogen and oxygen atoms in total. The number of hydrazone groups is 1. The zero-order valence-corrected chi connectivity index (χ0v) is 15.7. The Morgan fingerprint density at radius 2 is 1.71 bits per heavy atom. The summed E-state index contributed by atoms with van der Waals surface area (Å²) in [5.41, 5.74) is 3.24. The van der Waals surface area contributed by atoms with Gasteiger partial charge < -0.3 is 4.74 Å². The SMILES string of the molecule is CCOc1c(Br)cc(C=NNc2ccc(C(F)(F)F)cc2)cc1Br. The number of rotatable bonds is 5. The highest BCUT2D eigenvalue weighted by atomic mass is 79.9. The second-order valence-electron chi connectivity index (χ2n) is 4.69. The molecule has 0 aliphatic carbocycles. The number of hydrogen-bond acceptors (Lipinski definition) is 3. The Labute approximate surface area is 154 Å². The van der Waals surface area contributed by atoms with E-state index in [0.717, 1.165) is 26.6 Å². The molecule has 0 aliphatic rings. The third kappa shape index (κ3) is 4.98. The Hall–Kier alpha value is -1.54. The van der Waals surface area contributed by atoms with Gasteiger partial charge in [0.2, 0.25) is 0 Å². The molecule has 0 bridgehead atoms. The van der Waals surface area contributed by atoms with Crippen LogP contribution in [0, 0.1) is 0 Å². The van der Waals surface area contributed by atoms with Crippen LogP contribution in [0.3, 0.4) is 0 Å². The minimum absolute atomic E-state index is 0.461. The van der Waals surface area contributed by atoms with Crippen LogP contribution in [0.5, 0.6) is 5.75 Å². The first-order valence-electron chi connectivity index (χ1n) is 6.89. The lowest BCUT2D eigenvalue weighted by Gasteiger charge is -2.09. The quantitative estimate of drug-likeness (QED) is 0.429. The highest BCUT2D eigenvalue weighted by Gasteiger charge is 2.29. The van der Waals surface area contributed by atoms with Crippen molar-refractivity contribution in [2.24, 2.45) is 5.10 Å². The molecule has 1 N–H and O–H groups in total. The number of ether oxygens (including phenoxy) is 1. The van der Waals surface area contributed by atoms with Crippen molar-refractivity contribution in [1.82, 2.24) is 0 Å². The lowest BCUT2D eigenvalue weighted by molar-refractivity contribution is -0.137. The van der Waals surface area contributed by atoms with E-state index in [4.69, 9.17) is 4.74 Å². The number of halogens is 5. The van der Waals surface area contributed by atoms with E-state index in [1.807, 2.05) is 19.1 Å². The largest absolute Gasteiger partial charge is 0.492 e. The van der Waals surface area contributed by atoms with E-state index in [1.165, 1.54) is 12.1 Å². The first kappa shape index (κ1) is 18.8. The van der Waals surface area contributed by atoms with Gasteiger partial charge in [0.05, 0.1) is 33.0 Å². The number of nitrogens with zero attached hydrogens (tertiary/aromatic N) is 1. The van der Waals surface area contributed by atoms with E-state index in [9.17, 15) is 13.2 Å². The summed E-state index contributed by atoms with van der Waals surface area (Å²) in [5, 5.41) is 4.02. The number of hydrogen-bond donors (Lipinski definition) is 1. The molecule has 0 atom stereocenters. The van der Waals surface area contributed by atoms with Gasteiger partial charge in [-0.3, -0.25) is 5.43 Å². The number of anilines is 1. The molecule has 24 heavy (non-hydrogen) atoms. The minimum atomic E-state index is -4.34. The van der Waals surface area contributed by atoms with E-state index < -0.39 is 11.7 Å². The van der Waals surface area contributed by atoms with Gasteiger partial charge in [0, 0.05) is 0 Å². The second-order valence-corrected chi connectivity index (χ2v) is 6.40. The first-order valence-corrected chi connectivity index (χ1v) is 8.48. The normalized spacial score (nSPS) is 11.8. The smallest absolute Gasteiger partial charge is 0.416 e. The Morgan fingerprint density at radius 3 is 2.21 bits per heavy atom. The third-order valence-corrected chi connectivity index (χ3v) is 4.11. The molecule has 0 amide bonds.